The molecule has 0 atom stereocenters. The van der Waals surface area contributed by atoms with Gasteiger partial charge in [0.05, 0.1) is 18.1 Å². The lowest BCUT2D eigenvalue weighted by Gasteiger charge is -2.26. The molecule has 1 heterocycles. The Kier molecular flexibility index (Phi) is 6.46. The van der Waals surface area contributed by atoms with E-state index in [1.165, 1.54) is 16.4 Å². The maximum Gasteiger partial charge on any atom is 0.262 e. The van der Waals surface area contributed by atoms with Crippen LogP contribution in [0.3, 0.4) is 0 Å². The number of rotatable bonds is 6. The van der Waals surface area contributed by atoms with E-state index in [1.54, 1.807) is 13.0 Å². The van der Waals surface area contributed by atoms with Crippen LogP contribution in [0.5, 0.6) is 5.75 Å². The van der Waals surface area contributed by atoms with Crippen LogP contribution < -0.4 is 10.1 Å². The van der Waals surface area contributed by atoms with E-state index in [0.29, 0.717) is 30.5 Å². The van der Waals surface area contributed by atoms with Gasteiger partial charge in [-0.25, -0.2) is 17.2 Å². The average molecular weight is 426 g/mol. The molecule has 156 valence electrons. The van der Waals surface area contributed by atoms with Gasteiger partial charge in [-0.3, -0.25) is 4.79 Å². The molecule has 0 unspecified atom stereocenters. The topological polar surface area (TPSA) is 84.9 Å². The number of morpholine rings is 1. The molecule has 0 bridgehead atoms. The Balaban J connectivity index is 1.70. The molecule has 1 amide bonds. The molecule has 1 fully saturated rings. The Hall–Kier alpha value is -2.56. The van der Waals surface area contributed by atoms with Crippen LogP contribution in [0, 0.1) is 18.6 Å². The van der Waals surface area contributed by atoms with E-state index in [0.717, 1.165) is 12.1 Å². The quantitative estimate of drug-likeness (QED) is 0.766. The predicted octanol–water partition coefficient (Wildman–Crippen LogP) is 2.31. The lowest BCUT2D eigenvalue weighted by molar-refractivity contribution is -0.118. The fourth-order valence-electron chi connectivity index (χ4n) is 2.75. The summed E-state index contributed by atoms with van der Waals surface area (Å²) < 4.78 is 63.6. The van der Waals surface area contributed by atoms with E-state index in [-0.39, 0.29) is 23.7 Å². The number of hydrogen-bond donors (Lipinski definition) is 1. The normalized spacial score (nSPS) is 15.1. The van der Waals surface area contributed by atoms with E-state index < -0.39 is 34.2 Å². The zero-order valence-corrected chi connectivity index (χ0v) is 16.5. The van der Waals surface area contributed by atoms with Gasteiger partial charge >= 0.3 is 0 Å². The van der Waals surface area contributed by atoms with Crippen LogP contribution in [0.1, 0.15) is 5.56 Å². The molecular weight excluding hydrogens is 406 g/mol. The summed E-state index contributed by atoms with van der Waals surface area (Å²) in [4.78, 5) is 12.2. The summed E-state index contributed by atoms with van der Waals surface area (Å²) in [5.41, 5.74) is 0.944. The Morgan fingerprint density at radius 1 is 1.17 bits per heavy atom. The molecule has 2 aromatic carbocycles. The zero-order valence-electron chi connectivity index (χ0n) is 15.7. The third kappa shape index (κ3) is 5.08. The molecule has 1 N–H and O–H groups in total. The third-order valence-electron chi connectivity index (χ3n) is 4.34. The second-order valence-electron chi connectivity index (χ2n) is 6.40. The molecule has 0 aliphatic carbocycles. The number of carbonyl (C=O) groups is 1. The van der Waals surface area contributed by atoms with Crippen LogP contribution in [0.15, 0.2) is 41.3 Å². The number of anilines is 1. The second kappa shape index (κ2) is 8.85. The van der Waals surface area contributed by atoms with Gasteiger partial charge in [0, 0.05) is 24.8 Å². The maximum atomic E-state index is 13.6. The molecule has 2 aromatic rings. The number of nitrogens with one attached hydrogen (secondary N) is 1. The molecule has 1 aliphatic rings. The maximum absolute atomic E-state index is 13.6. The lowest BCUT2D eigenvalue weighted by atomic mass is 10.2. The molecule has 0 spiro atoms. The number of hydrogen-bond acceptors (Lipinski definition) is 5. The van der Waals surface area contributed by atoms with Gasteiger partial charge in [-0.2, -0.15) is 4.31 Å². The fraction of sp³-hybridized carbons (Fsp3) is 0.316. The molecular formula is C19H20F2N2O5S. The molecule has 0 saturated carbocycles. The van der Waals surface area contributed by atoms with Crippen molar-refractivity contribution in [3.8, 4) is 5.75 Å². The van der Waals surface area contributed by atoms with Crippen molar-refractivity contribution < 1.29 is 31.5 Å². The highest BCUT2D eigenvalue weighted by molar-refractivity contribution is 7.89. The number of sulfonamides is 1. The number of nitrogens with zero attached hydrogens (tertiary/aromatic N) is 1. The van der Waals surface area contributed by atoms with Gasteiger partial charge in [0.2, 0.25) is 10.0 Å². The number of amides is 1. The number of benzene rings is 2. The smallest absolute Gasteiger partial charge is 0.262 e. The first-order chi connectivity index (χ1) is 13.8. The van der Waals surface area contributed by atoms with Gasteiger partial charge in [-0.05, 0) is 36.8 Å². The summed E-state index contributed by atoms with van der Waals surface area (Å²) in [6.45, 7) is 2.35. The second-order valence-corrected chi connectivity index (χ2v) is 8.34. The van der Waals surface area contributed by atoms with Crippen molar-refractivity contribution in [2.24, 2.45) is 0 Å². The van der Waals surface area contributed by atoms with Crippen LogP contribution in [0.25, 0.3) is 0 Å². The van der Waals surface area contributed by atoms with E-state index in [9.17, 15) is 22.0 Å². The van der Waals surface area contributed by atoms with Gasteiger partial charge < -0.3 is 14.8 Å². The fourth-order valence-corrected chi connectivity index (χ4v) is 4.19. The van der Waals surface area contributed by atoms with Crippen LogP contribution in [0.2, 0.25) is 0 Å². The SMILES string of the molecule is Cc1ccc(S(=O)(=O)N2CCOCC2)cc1NC(=O)COc1ccc(F)cc1F. The standard InChI is InChI=1S/C19H20F2N2O5S/c1-13-2-4-15(29(25,26)23-6-8-27-9-7-23)11-17(13)22-19(24)12-28-18-5-3-14(20)10-16(18)21/h2-5,10-11H,6-9,12H2,1H3,(H,22,24). The molecule has 1 saturated heterocycles. The van der Waals surface area contributed by atoms with E-state index >= 15 is 0 Å². The average Bonchev–Trinajstić information content (AvgIpc) is 2.69. The van der Waals surface area contributed by atoms with E-state index in [4.69, 9.17) is 9.47 Å². The van der Waals surface area contributed by atoms with Crippen molar-refractivity contribution in [1.82, 2.24) is 4.31 Å². The first kappa shape index (κ1) is 21.2. The number of carbonyl (C=O) groups excluding carboxylic acids is 1. The van der Waals surface area contributed by atoms with Crippen LogP contribution in [0.4, 0.5) is 14.5 Å². The minimum absolute atomic E-state index is 0.0470. The minimum atomic E-state index is -3.72. The first-order valence-corrected chi connectivity index (χ1v) is 10.3. The van der Waals surface area contributed by atoms with Crippen molar-refractivity contribution in [3.63, 3.8) is 0 Å². The van der Waals surface area contributed by atoms with Crippen molar-refractivity contribution >= 4 is 21.6 Å². The van der Waals surface area contributed by atoms with Crippen molar-refractivity contribution in [1.29, 1.82) is 0 Å². The summed E-state index contributed by atoms with van der Waals surface area (Å²) in [7, 11) is -3.72. The zero-order chi connectivity index (χ0) is 21.0. The molecule has 1 aliphatic heterocycles. The molecule has 7 nitrogen and oxygen atoms in total. The Labute approximate surface area is 167 Å². The molecule has 3 rings (SSSR count). The summed E-state index contributed by atoms with van der Waals surface area (Å²) in [5.74, 6) is -2.56. The highest BCUT2D eigenvalue weighted by Crippen LogP contribution is 2.24. The largest absolute Gasteiger partial charge is 0.481 e. The highest BCUT2D eigenvalue weighted by atomic mass is 32.2. The molecule has 10 heteroatoms. The van der Waals surface area contributed by atoms with Gasteiger partial charge in [0.1, 0.15) is 5.82 Å². The highest BCUT2D eigenvalue weighted by Gasteiger charge is 2.27. The summed E-state index contributed by atoms with van der Waals surface area (Å²) >= 11 is 0. The molecule has 0 radical (unpaired) electrons. The van der Waals surface area contributed by atoms with Crippen molar-refractivity contribution in [3.05, 3.63) is 53.6 Å². The van der Waals surface area contributed by atoms with Gasteiger partial charge in [0.25, 0.3) is 5.91 Å². The van der Waals surface area contributed by atoms with Crippen LogP contribution in [-0.4, -0.2) is 51.5 Å². The van der Waals surface area contributed by atoms with Gasteiger partial charge in [-0.15, -0.1) is 0 Å². The van der Waals surface area contributed by atoms with Gasteiger partial charge in [-0.1, -0.05) is 6.07 Å². The number of aryl methyl sites for hydroxylation is 1. The van der Waals surface area contributed by atoms with Crippen LogP contribution >= 0.6 is 0 Å². The van der Waals surface area contributed by atoms with Crippen molar-refractivity contribution in [2.75, 3.05) is 38.2 Å². The summed E-state index contributed by atoms with van der Waals surface area (Å²) in [6, 6.07) is 7.18. The third-order valence-corrected chi connectivity index (χ3v) is 6.24. The van der Waals surface area contributed by atoms with Gasteiger partial charge in [0.15, 0.2) is 18.2 Å². The van der Waals surface area contributed by atoms with E-state index in [1.807, 2.05) is 0 Å². The molecule has 0 aromatic heterocycles. The van der Waals surface area contributed by atoms with Crippen LogP contribution in [-0.2, 0) is 19.6 Å². The number of halogens is 2. The Morgan fingerprint density at radius 3 is 2.59 bits per heavy atom. The minimum Gasteiger partial charge on any atom is -0.481 e. The Morgan fingerprint density at radius 2 is 1.90 bits per heavy atom. The van der Waals surface area contributed by atoms with Crippen molar-refractivity contribution in [2.45, 2.75) is 11.8 Å². The first-order valence-electron chi connectivity index (χ1n) is 8.83. The monoisotopic (exact) mass is 426 g/mol. The lowest BCUT2D eigenvalue weighted by Crippen LogP contribution is -2.40. The summed E-state index contributed by atoms with van der Waals surface area (Å²) in [5, 5.41) is 2.56. The Bertz CT molecular complexity index is 1010. The summed E-state index contributed by atoms with van der Waals surface area (Å²) in [6.07, 6.45) is 0. The van der Waals surface area contributed by atoms with E-state index in [2.05, 4.69) is 5.32 Å². The number of ether oxygens (including phenoxy) is 2. The predicted molar refractivity (Wildman–Crippen MR) is 101 cm³/mol. The molecule has 29 heavy (non-hydrogen) atoms.